The molecule has 1 aromatic rings. The third kappa shape index (κ3) is 10.3. The minimum absolute atomic E-state index is 0.815. The molecular formula is C7H8KNO2. The Balaban J connectivity index is 0.000000218. The van der Waals surface area contributed by atoms with Gasteiger partial charge < -0.3 is 5.11 Å². The first kappa shape index (κ1) is 11.3. The molecule has 0 radical (unpaired) electrons. The van der Waals surface area contributed by atoms with Crippen LogP contribution in [0.2, 0.25) is 0 Å². The maximum atomic E-state index is 9.00. The summed E-state index contributed by atoms with van der Waals surface area (Å²) in [4.78, 5) is 12.9. The number of hydrogen-bond donors (Lipinski definition) is 1. The van der Waals surface area contributed by atoms with Crippen LogP contribution in [0.3, 0.4) is 0 Å². The monoisotopic (exact) mass is 177 g/mol. The number of carboxylic acids is 1. The van der Waals surface area contributed by atoms with Crippen molar-refractivity contribution in [1.29, 1.82) is 0 Å². The molecule has 1 rings (SSSR count). The first-order valence-electron chi connectivity index (χ1n) is 3.19. The summed E-state index contributed by atoms with van der Waals surface area (Å²) < 4.78 is 1.45. The number of pyridine rings is 1. The predicted molar refractivity (Wildman–Crippen MR) is 42.9 cm³/mol. The Morgan fingerprint density at radius 1 is 1.55 bits per heavy atom. The van der Waals surface area contributed by atoms with Gasteiger partial charge in [-0.1, -0.05) is 0 Å². The van der Waals surface area contributed by atoms with Gasteiger partial charge in [-0.05, 0) is 0 Å². The Labute approximate surface area is 99.4 Å². The molecule has 1 aromatic heterocycles. The average Bonchev–Trinajstić information content (AvgIpc) is 1.87. The van der Waals surface area contributed by atoms with E-state index >= 15 is 0 Å². The van der Waals surface area contributed by atoms with Crippen LogP contribution in [0.4, 0.5) is 0 Å². The third-order valence-electron chi connectivity index (χ3n) is 0.847. The molecule has 3 nitrogen and oxygen atoms in total. The molecule has 0 amide bonds. The Morgan fingerprint density at radius 3 is 2.09 bits per heavy atom. The van der Waals surface area contributed by atoms with E-state index in [2.05, 4.69) is 17.1 Å². The number of hydrogen-bond acceptors (Lipinski definition) is 2. The third-order valence-corrected chi connectivity index (χ3v) is 1.89. The molecule has 0 fully saturated rings. The molecule has 1 N–H and O–H groups in total. The first-order valence-corrected chi connectivity index (χ1v) is 4.75. The van der Waals surface area contributed by atoms with Crippen LogP contribution in [0.5, 0.6) is 0 Å². The van der Waals surface area contributed by atoms with Gasteiger partial charge in [0.1, 0.15) is 0 Å². The second-order valence-electron chi connectivity index (χ2n) is 2.04. The van der Waals surface area contributed by atoms with Crippen LogP contribution < -0.4 is -0.342 Å². The number of aromatic nitrogens is 1. The predicted octanol–water partition coefficient (Wildman–Crippen LogP) is -0.0337. The molecule has 0 aliphatic carbocycles. The molecule has 0 atom stereocenters. The summed E-state index contributed by atoms with van der Waals surface area (Å²) in [5.74, 6) is -0.833. The van der Waals surface area contributed by atoms with Gasteiger partial charge in [0, 0.05) is 6.92 Å². The first-order chi connectivity index (χ1) is 5.13. The van der Waals surface area contributed by atoms with Crippen LogP contribution in [-0.4, -0.2) is 65.0 Å². The Morgan fingerprint density at radius 2 is 1.91 bits per heavy atom. The molecule has 1 heterocycles. The normalized spacial score (nSPS) is 7.91. The van der Waals surface area contributed by atoms with Crippen molar-refractivity contribution in [2.24, 2.45) is 0 Å². The van der Waals surface area contributed by atoms with Crippen LogP contribution >= 0.6 is 0 Å². The van der Waals surface area contributed by atoms with Crippen molar-refractivity contribution in [3.8, 4) is 0 Å². The average molecular weight is 177 g/mol. The van der Waals surface area contributed by atoms with Crippen molar-refractivity contribution in [1.82, 2.24) is 4.98 Å². The van der Waals surface area contributed by atoms with Gasteiger partial charge in [0.25, 0.3) is 5.97 Å². The second-order valence-corrected chi connectivity index (χ2v) is 3.85. The Hall–Kier alpha value is 0.256. The fraction of sp³-hybridized carbons (Fsp3) is 0.143. The van der Waals surface area contributed by atoms with Gasteiger partial charge in [-0.25, -0.2) is 0 Å². The van der Waals surface area contributed by atoms with Crippen molar-refractivity contribution >= 4 is 54.6 Å². The quantitative estimate of drug-likeness (QED) is 0.566. The number of nitrogens with zero attached hydrogens (tertiary/aromatic N) is 1. The van der Waals surface area contributed by atoms with E-state index in [0.717, 1.165) is 55.9 Å². The second kappa shape index (κ2) is 6.94. The minimum atomic E-state index is -0.833. The maximum absolute atomic E-state index is 9.00. The molecule has 54 valence electrons. The van der Waals surface area contributed by atoms with Gasteiger partial charge in [0.2, 0.25) is 0 Å². The van der Waals surface area contributed by atoms with Gasteiger partial charge in [-0.2, -0.15) is 0 Å². The molecule has 0 unspecified atom stereocenters. The van der Waals surface area contributed by atoms with Crippen molar-refractivity contribution in [3.05, 3.63) is 24.5 Å². The molecule has 0 saturated carbocycles. The Bertz CT molecular complexity index is 209. The summed E-state index contributed by atoms with van der Waals surface area (Å²) in [5.41, 5.74) is 0. The zero-order chi connectivity index (χ0) is 8.69. The van der Waals surface area contributed by atoms with E-state index in [1.54, 1.807) is 0 Å². The van der Waals surface area contributed by atoms with E-state index in [1.807, 2.05) is 12.4 Å². The van der Waals surface area contributed by atoms with E-state index in [9.17, 15) is 0 Å². The van der Waals surface area contributed by atoms with Crippen molar-refractivity contribution in [3.63, 3.8) is 0 Å². The fourth-order valence-corrected chi connectivity index (χ4v) is 0.892. The summed E-state index contributed by atoms with van der Waals surface area (Å²) in [6.07, 6.45) is 3.67. The molecule has 0 saturated heterocycles. The van der Waals surface area contributed by atoms with E-state index in [0.29, 0.717) is 0 Å². The van der Waals surface area contributed by atoms with E-state index in [1.165, 1.54) is -0.342 Å². The molecule has 0 aliphatic rings. The van der Waals surface area contributed by atoms with Crippen molar-refractivity contribution in [2.45, 2.75) is 6.92 Å². The van der Waals surface area contributed by atoms with E-state index in [-0.39, 0.29) is 0 Å². The zero-order valence-corrected chi connectivity index (χ0v) is 9.74. The summed E-state index contributed by atoms with van der Waals surface area (Å²) in [7, 11) is 0. The molecule has 4 heteroatoms. The number of aliphatic carboxylic acids is 1. The number of rotatable bonds is 0. The molecule has 11 heavy (non-hydrogen) atoms. The van der Waals surface area contributed by atoms with Gasteiger partial charge in [-0.15, -0.1) is 0 Å². The fourth-order valence-electron chi connectivity index (χ4n) is 0.426. The molecule has 0 spiro atoms. The van der Waals surface area contributed by atoms with Gasteiger partial charge in [0.15, 0.2) is 0 Å². The summed E-state index contributed by atoms with van der Waals surface area (Å²) in [6, 6.07) is 4.11. The van der Waals surface area contributed by atoms with Gasteiger partial charge in [0.05, 0.1) is 0 Å². The van der Waals surface area contributed by atoms with Crippen molar-refractivity contribution < 1.29 is 9.90 Å². The van der Waals surface area contributed by atoms with Crippen LogP contribution in [0.25, 0.3) is 0 Å². The number of carboxylic acid groups (broad SMARTS) is 1. The van der Waals surface area contributed by atoms with Crippen LogP contribution in [-0.2, 0) is 4.79 Å². The summed E-state index contributed by atoms with van der Waals surface area (Å²) >= 11 is 0.815. The molecular weight excluding hydrogens is 169 g/mol. The van der Waals surface area contributed by atoms with Crippen molar-refractivity contribution in [2.75, 3.05) is 0 Å². The van der Waals surface area contributed by atoms with Crippen LogP contribution in [0.15, 0.2) is 24.5 Å². The summed E-state index contributed by atoms with van der Waals surface area (Å²) in [5, 5.41) is 7.42. The molecule has 0 aromatic carbocycles. The summed E-state index contributed by atoms with van der Waals surface area (Å²) in [6.45, 7) is 1.08. The van der Waals surface area contributed by atoms with Crippen LogP contribution in [0, 0.1) is 0 Å². The van der Waals surface area contributed by atoms with Gasteiger partial charge >= 0.3 is 78.1 Å². The Kier molecular flexibility index (Phi) is 7.10. The number of carbonyl (C=O) groups is 1. The SMILES string of the molecule is CC(=O)O.[K][c]1ccncc1. The zero-order valence-electron chi connectivity index (χ0n) is 6.61. The standard InChI is InChI=1S/C5H4N.C2H4O2.K/c1-2-4-6-5-3-1;1-2(3)4;/h2-5H;1H3,(H,3,4);. The van der Waals surface area contributed by atoms with E-state index < -0.39 is 5.97 Å². The topological polar surface area (TPSA) is 50.2 Å². The van der Waals surface area contributed by atoms with Crippen LogP contribution in [0.1, 0.15) is 6.92 Å². The molecule has 0 bridgehead atoms. The van der Waals surface area contributed by atoms with E-state index in [4.69, 9.17) is 9.90 Å². The molecule has 0 aliphatic heterocycles. The van der Waals surface area contributed by atoms with Gasteiger partial charge in [-0.3, -0.25) is 4.79 Å².